The molecule has 0 aliphatic heterocycles. The number of para-hydroxylation sites is 1. The van der Waals surface area contributed by atoms with E-state index in [4.69, 9.17) is 5.73 Å². The van der Waals surface area contributed by atoms with Crippen molar-refractivity contribution >= 4 is 16.7 Å². The first-order valence-corrected chi connectivity index (χ1v) is 6.45. The Morgan fingerprint density at radius 3 is 2.72 bits per heavy atom. The van der Waals surface area contributed by atoms with E-state index >= 15 is 0 Å². The molecule has 0 amide bonds. The topological polar surface area (TPSA) is 50.9 Å². The fourth-order valence-corrected chi connectivity index (χ4v) is 1.93. The van der Waals surface area contributed by atoms with Gasteiger partial charge in [0.05, 0.1) is 5.52 Å². The summed E-state index contributed by atoms with van der Waals surface area (Å²) in [4.78, 5) is 4.68. The third-order valence-electron chi connectivity index (χ3n) is 3.50. The highest BCUT2D eigenvalue weighted by Crippen LogP contribution is 2.21. The molecule has 0 radical (unpaired) electrons. The average Bonchev–Trinajstić information content (AvgIpc) is 2.38. The van der Waals surface area contributed by atoms with Gasteiger partial charge in [0, 0.05) is 11.4 Å². The van der Waals surface area contributed by atoms with E-state index in [0.29, 0.717) is 18.5 Å². The number of nitrogens with one attached hydrogen (secondary N) is 1. The van der Waals surface area contributed by atoms with E-state index in [2.05, 4.69) is 43.2 Å². The quantitative estimate of drug-likeness (QED) is 0.868. The summed E-state index contributed by atoms with van der Waals surface area (Å²) in [6.07, 6.45) is 0. The molecular formula is C15H21N3. The van der Waals surface area contributed by atoms with Crippen LogP contribution in [0.2, 0.25) is 0 Å². The minimum absolute atomic E-state index is 0.322. The van der Waals surface area contributed by atoms with Crippen molar-refractivity contribution in [2.75, 3.05) is 11.9 Å². The lowest BCUT2D eigenvalue weighted by Gasteiger charge is -2.21. The Bertz CT molecular complexity index is 536. The number of aromatic nitrogens is 1. The molecule has 0 bridgehead atoms. The lowest BCUT2D eigenvalue weighted by Crippen LogP contribution is -2.30. The Morgan fingerprint density at radius 2 is 2.00 bits per heavy atom. The predicted molar refractivity (Wildman–Crippen MR) is 77.8 cm³/mol. The maximum Gasteiger partial charge on any atom is 0.129 e. The van der Waals surface area contributed by atoms with Crippen molar-refractivity contribution in [1.29, 1.82) is 0 Å². The SMILES string of the molecule is Cc1cc2ccccc2nc1NC(C)C(C)CN. The van der Waals surface area contributed by atoms with Gasteiger partial charge in [-0.2, -0.15) is 0 Å². The zero-order valence-corrected chi connectivity index (χ0v) is 11.3. The van der Waals surface area contributed by atoms with Gasteiger partial charge in [0.25, 0.3) is 0 Å². The Balaban J connectivity index is 2.30. The molecule has 0 spiro atoms. The normalized spacial score (nSPS) is 14.4. The molecule has 3 heteroatoms. The van der Waals surface area contributed by atoms with E-state index in [1.165, 1.54) is 10.9 Å². The highest BCUT2D eigenvalue weighted by Gasteiger charge is 2.12. The Hall–Kier alpha value is -1.61. The number of hydrogen-bond donors (Lipinski definition) is 2. The summed E-state index contributed by atoms with van der Waals surface area (Å²) in [5, 5.41) is 4.64. The second-order valence-electron chi connectivity index (χ2n) is 4.99. The third kappa shape index (κ3) is 2.62. The van der Waals surface area contributed by atoms with Crippen molar-refractivity contribution in [2.45, 2.75) is 26.8 Å². The summed E-state index contributed by atoms with van der Waals surface area (Å²) < 4.78 is 0. The van der Waals surface area contributed by atoms with E-state index in [-0.39, 0.29) is 0 Å². The monoisotopic (exact) mass is 243 g/mol. The van der Waals surface area contributed by atoms with Crippen LogP contribution in [0.1, 0.15) is 19.4 Å². The van der Waals surface area contributed by atoms with E-state index in [9.17, 15) is 0 Å². The van der Waals surface area contributed by atoms with Gasteiger partial charge in [-0.3, -0.25) is 0 Å². The first-order valence-electron chi connectivity index (χ1n) is 6.45. The molecule has 0 saturated heterocycles. The van der Waals surface area contributed by atoms with Gasteiger partial charge in [0.2, 0.25) is 0 Å². The Kier molecular flexibility index (Phi) is 3.82. The fraction of sp³-hybridized carbons (Fsp3) is 0.400. The molecule has 1 heterocycles. The van der Waals surface area contributed by atoms with Crippen LogP contribution < -0.4 is 11.1 Å². The smallest absolute Gasteiger partial charge is 0.129 e. The van der Waals surface area contributed by atoms with Crippen LogP contribution >= 0.6 is 0 Å². The number of pyridine rings is 1. The summed E-state index contributed by atoms with van der Waals surface area (Å²) in [6, 6.07) is 10.7. The number of benzene rings is 1. The zero-order valence-electron chi connectivity index (χ0n) is 11.3. The average molecular weight is 243 g/mol. The third-order valence-corrected chi connectivity index (χ3v) is 3.50. The maximum absolute atomic E-state index is 5.69. The molecule has 3 N–H and O–H groups in total. The van der Waals surface area contributed by atoms with E-state index < -0.39 is 0 Å². The highest BCUT2D eigenvalue weighted by molar-refractivity contribution is 5.81. The van der Waals surface area contributed by atoms with Crippen LogP contribution in [0, 0.1) is 12.8 Å². The predicted octanol–water partition coefficient (Wildman–Crippen LogP) is 2.94. The van der Waals surface area contributed by atoms with Crippen LogP contribution in [0.15, 0.2) is 30.3 Å². The van der Waals surface area contributed by atoms with Gasteiger partial charge in [-0.25, -0.2) is 4.98 Å². The summed E-state index contributed by atoms with van der Waals surface area (Å²) in [7, 11) is 0. The van der Waals surface area contributed by atoms with E-state index in [0.717, 1.165) is 11.3 Å². The minimum Gasteiger partial charge on any atom is -0.367 e. The maximum atomic E-state index is 5.69. The molecule has 0 saturated carbocycles. The number of fused-ring (bicyclic) bond motifs is 1. The number of nitrogens with zero attached hydrogens (tertiary/aromatic N) is 1. The molecular weight excluding hydrogens is 222 g/mol. The molecule has 0 aliphatic carbocycles. The number of aryl methyl sites for hydroxylation is 1. The van der Waals surface area contributed by atoms with Gasteiger partial charge in [-0.15, -0.1) is 0 Å². The summed E-state index contributed by atoms with van der Waals surface area (Å²) in [5.74, 6) is 1.39. The molecule has 1 aromatic carbocycles. The number of nitrogens with two attached hydrogens (primary N) is 1. The second kappa shape index (κ2) is 5.36. The molecule has 0 fully saturated rings. The standard InChI is InChI=1S/C15H21N3/c1-10-8-13-6-4-5-7-14(13)18-15(10)17-12(3)11(2)9-16/h4-8,11-12H,9,16H2,1-3H3,(H,17,18). The summed E-state index contributed by atoms with van der Waals surface area (Å²) >= 11 is 0. The van der Waals surface area contributed by atoms with Gasteiger partial charge < -0.3 is 11.1 Å². The second-order valence-corrected chi connectivity index (χ2v) is 4.99. The van der Waals surface area contributed by atoms with Gasteiger partial charge in [-0.05, 0) is 44.0 Å². The van der Waals surface area contributed by atoms with Crippen molar-refractivity contribution in [1.82, 2.24) is 4.98 Å². The lowest BCUT2D eigenvalue weighted by atomic mass is 10.0. The zero-order chi connectivity index (χ0) is 13.1. The van der Waals surface area contributed by atoms with Gasteiger partial charge in [-0.1, -0.05) is 25.1 Å². The fourth-order valence-electron chi connectivity index (χ4n) is 1.93. The van der Waals surface area contributed by atoms with E-state index in [1.807, 2.05) is 18.2 Å². The van der Waals surface area contributed by atoms with Gasteiger partial charge in [0.1, 0.15) is 5.82 Å². The largest absolute Gasteiger partial charge is 0.367 e. The Labute approximate surface area is 108 Å². The van der Waals surface area contributed by atoms with Crippen molar-refractivity contribution in [2.24, 2.45) is 11.7 Å². The molecule has 18 heavy (non-hydrogen) atoms. The van der Waals surface area contributed by atoms with Crippen molar-refractivity contribution in [3.63, 3.8) is 0 Å². The number of anilines is 1. The lowest BCUT2D eigenvalue weighted by molar-refractivity contribution is 0.520. The van der Waals surface area contributed by atoms with E-state index in [1.54, 1.807) is 0 Å². The number of rotatable bonds is 4. The van der Waals surface area contributed by atoms with Gasteiger partial charge in [0.15, 0.2) is 0 Å². The minimum atomic E-state index is 0.322. The molecule has 2 aromatic rings. The molecule has 1 aromatic heterocycles. The molecule has 2 rings (SSSR count). The molecule has 3 nitrogen and oxygen atoms in total. The van der Waals surface area contributed by atoms with Crippen LogP contribution in [0.5, 0.6) is 0 Å². The van der Waals surface area contributed by atoms with Crippen LogP contribution in [0.4, 0.5) is 5.82 Å². The first kappa shape index (κ1) is 12.8. The van der Waals surface area contributed by atoms with Crippen molar-refractivity contribution in [3.8, 4) is 0 Å². The Morgan fingerprint density at radius 1 is 1.28 bits per heavy atom. The van der Waals surface area contributed by atoms with Crippen LogP contribution in [-0.4, -0.2) is 17.6 Å². The number of hydrogen-bond acceptors (Lipinski definition) is 3. The first-order chi connectivity index (χ1) is 8.61. The van der Waals surface area contributed by atoms with Crippen molar-refractivity contribution in [3.05, 3.63) is 35.9 Å². The van der Waals surface area contributed by atoms with Crippen LogP contribution in [0.25, 0.3) is 10.9 Å². The van der Waals surface area contributed by atoms with Crippen LogP contribution in [0.3, 0.4) is 0 Å². The molecule has 2 atom stereocenters. The summed E-state index contributed by atoms with van der Waals surface area (Å²) in [5.41, 5.74) is 7.89. The molecule has 96 valence electrons. The summed E-state index contributed by atoms with van der Waals surface area (Å²) in [6.45, 7) is 7.06. The molecule has 0 aliphatic rings. The van der Waals surface area contributed by atoms with Crippen LogP contribution in [-0.2, 0) is 0 Å². The molecule has 2 unspecified atom stereocenters. The van der Waals surface area contributed by atoms with Gasteiger partial charge >= 0.3 is 0 Å². The highest BCUT2D eigenvalue weighted by atomic mass is 15.0. The van der Waals surface area contributed by atoms with Crippen molar-refractivity contribution < 1.29 is 0 Å².